The lowest BCUT2D eigenvalue weighted by Crippen LogP contribution is -2.43. The second-order valence-electron chi connectivity index (χ2n) is 7.50. The number of fused-ring (bicyclic) bond motifs is 2. The fraction of sp³-hybridized carbons (Fsp3) is 0.125. The summed E-state index contributed by atoms with van der Waals surface area (Å²) in [6.45, 7) is -0.435. The number of anilines is 3. The van der Waals surface area contributed by atoms with Crippen molar-refractivity contribution in [2.24, 2.45) is 0 Å². The quantitative estimate of drug-likeness (QED) is 0.602. The first-order chi connectivity index (χ1) is 16.5. The third-order valence-corrected chi connectivity index (χ3v) is 5.24. The molecule has 2 aliphatic heterocycles. The molecule has 3 amide bonds. The highest BCUT2D eigenvalue weighted by Gasteiger charge is 2.27. The van der Waals surface area contributed by atoms with Gasteiger partial charge in [0.25, 0.3) is 11.8 Å². The highest BCUT2D eigenvalue weighted by molar-refractivity contribution is 6.06. The maximum Gasteiger partial charge on any atom is 0.265 e. The Balaban J connectivity index is 1.28. The standard InChI is InChI=1S/C24H18FN3O6/c25-16-7-6-15(26-24(31)14-5-8-20-21(9-14)34-13-33-20)10-17(16)27-22(29)11-28-18-3-1-2-4-19(18)32-12-23(28)30/h1-10H,11-13H2,(H,26,31)(H,27,29). The molecule has 10 heteroatoms. The minimum atomic E-state index is -0.692. The smallest absolute Gasteiger partial charge is 0.265 e. The van der Waals surface area contributed by atoms with E-state index in [9.17, 15) is 18.8 Å². The van der Waals surface area contributed by atoms with Crippen molar-refractivity contribution in [3.63, 3.8) is 0 Å². The zero-order chi connectivity index (χ0) is 23.7. The number of carbonyl (C=O) groups excluding carboxylic acids is 3. The summed E-state index contributed by atoms with van der Waals surface area (Å²) in [6, 6.07) is 15.4. The van der Waals surface area contributed by atoms with Crippen molar-refractivity contribution in [1.29, 1.82) is 0 Å². The molecular weight excluding hydrogens is 445 g/mol. The molecule has 0 atom stereocenters. The van der Waals surface area contributed by atoms with Crippen molar-refractivity contribution in [1.82, 2.24) is 0 Å². The lowest BCUT2D eigenvalue weighted by Gasteiger charge is -2.28. The number of amides is 3. The maximum atomic E-state index is 14.4. The molecule has 0 aromatic heterocycles. The molecule has 2 aliphatic rings. The average molecular weight is 463 g/mol. The van der Waals surface area contributed by atoms with E-state index in [0.29, 0.717) is 28.5 Å². The SMILES string of the molecule is O=C(CN1C(=O)COc2ccccc21)Nc1cc(NC(=O)c2ccc3c(c2)OCO3)ccc1F. The predicted octanol–water partition coefficient (Wildman–Crippen LogP) is 3.17. The molecule has 0 unspecified atom stereocenters. The monoisotopic (exact) mass is 463 g/mol. The second kappa shape index (κ2) is 8.74. The number of nitrogens with zero attached hydrogens (tertiary/aromatic N) is 1. The molecule has 34 heavy (non-hydrogen) atoms. The minimum absolute atomic E-state index is 0.0864. The molecule has 2 N–H and O–H groups in total. The van der Waals surface area contributed by atoms with Crippen LogP contribution < -0.4 is 29.7 Å². The number of para-hydroxylation sites is 2. The molecule has 0 radical (unpaired) electrons. The number of carbonyl (C=O) groups is 3. The molecule has 0 spiro atoms. The minimum Gasteiger partial charge on any atom is -0.482 e. The maximum absolute atomic E-state index is 14.4. The molecule has 0 saturated carbocycles. The molecule has 0 saturated heterocycles. The van der Waals surface area contributed by atoms with Crippen LogP contribution in [0.4, 0.5) is 21.5 Å². The van der Waals surface area contributed by atoms with Gasteiger partial charge >= 0.3 is 0 Å². The van der Waals surface area contributed by atoms with E-state index in [1.54, 1.807) is 42.5 Å². The molecule has 0 aliphatic carbocycles. The summed E-state index contributed by atoms with van der Waals surface area (Å²) in [5, 5.41) is 5.12. The first-order valence-electron chi connectivity index (χ1n) is 10.3. The van der Waals surface area contributed by atoms with Crippen LogP contribution in [0.2, 0.25) is 0 Å². The lowest BCUT2D eigenvalue weighted by atomic mass is 10.1. The number of rotatable bonds is 5. The van der Waals surface area contributed by atoms with Gasteiger partial charge in [-0.2, -0.15) is 0 Å². The Kier molecular flexibility index (Phi) is 5.46. The van der Waals surface area contributed by atoms with Crippen LogP contribution in [0.15, 0.2) is 60.7 Å². The van der Waals surface area contributed by atoms with Gasteiger partial charge in [0.2, 0.25) is 12.7 Å². The van der Waals surface area contributed by atoms with Crippen molar-refractivity contribution in [2.45, 2.75) is 0 Å². The van der Waals surface area contributed by atoms with Crippen LogP contribution in [0.3, 0.4) is 0 Å². The molecule has 9 nitrogen and oxygen atoms in total. The summed E-state index contributed by atoms with van der Waals surface area (Å²) in [5.41, 5.74) is 0.914. The van der Waals surface area contributed by atoms with Gasteiger partial charge in [0.1, 0.15) is 18.1 Å². The fourth-order valence-electron chi connectivity index (χ4n) is 3.60. The second-order valence-corrected chi connectivity index (χ2v) is 7.50. The molecule has 5 rings (SSSR count). The Morgan fingerprint density at radius 3 is 2.62 bits per heavy atom. The van der Waals surface area contributed by atoms with E-state index in [0.717, 1.165) is 6.07 Å². The number of hydrogen-bond acceptors (Lipinski definition) is 6. The summed E-state index contributed by atoms with van der Waals surface area (Å²) in [4.78, 5) is 38.8. The largest absolute Gasteiger partial charge is 0.482 e. The van der Waals surface area contributed by atoms with Crippen LogP contribution in [-0.4, -0.2) is 37.7 Å². The molecular formula is C24H18FN3O6. The van der Waals surface area contributed by atoms with Gasteiger partial charge in [-0.05, 0) is 48.5 Å². The Morgan fingerprint density at radius 2 is 1.74 bits per heavy atom. The summed E-state index contributed by atoms with van der Waals surface area (Å²) < 4.78 is 30.2. The lowest BCUT2D eigenvalue weighted by molar-refractivity contribution is -0.123. The van der Waals surface area contributed by atoms with Gasteiger partial charge in [0.05, 0.1) is 11.4 Å². The molecule has 0 fully saturated rings. The van der Waals surface area contributed by atoms with Crippen molar-refractivity contribution < 1.29 is 33.0 Å². The fourth-order valence-corrected chi connectivity index (χ4v) is 3.60. The van der Waals surface area contributed by atoms with Crippen LogP contribution in [0.1, 0.15) is 10.4 Å². The van der Waals surface area contributed by atoms with Crippen LogP contribution in [0.5, 0.6) is 17.2 Å². The van der Waals surface area contributed by atoms with E-state index < -0.39 is 17.6 Å². The Labute approximate surface area is 193 Å². The van der Waals surface area contributed by atoms with Crippen molar-refractivity contribution >= 4 is 34.8 Å². The predicted molar refractivity (Wildman–Crippen MR) is 120 cm³/mol. The van der Waals surface area contributed by atoms with Gasteiger partial charge in [0.15, 0.2) is 18.1 Å². The van der Waals surface area contributed by atoms with E-state index in [2.05, 4.69) is 10.6 Å². The molecule has 3 aromatic carbocycles. The van der Waals surface area contributed by atoms with Gasteiger partial charge < -0.3 is 24.8 Å². The van der Waals surface area contributed by atoms with Crippen molar-refractivity contribution in [3.8, 4) is 17.2 Å². The number of hydrogen-bond donors (Lipinski definition) is 2. The zero-order valence-electron chi connectivity index (χ0n) is 17.7. The number of halogens is 1. The van der Waals surface area contributed by atoms with Gasteiger partial charge in [-0.3, -0.25) is 19.3 Å². The van der Waals surface area contributed by atoms with E-state index in [1.165, 1.54) is 17.0 Å². The summed E-state index contributed by atoms with van der Waals surface area (Å²) in [6.07, 6.45) is 0. The topological polar surface area (TPSA) is 106 Å². The van der Waals surface area contributed by atoms with Crippen LogP contribution in [0, 0.1) is 5.82 Å². The Hall–Kier alpha value is -4.60. The van der Waals surface area contributed by atoms with E-state index >= 15 is 0 Å². The van der Waals surface area contributed by atoms with E-state index in [-0.39, 0.29) is 37.2 Å². The van der Waals surface area contributed by atoms with Gasteiger partial charge in [-0.1, -0.05) is 12.1 Å². The Morgan fingerprint density at radius 1 is 0.912 bits per heavy atom. The van der Waals surface area contributed by atoms with Crippen molar-refractivity contribution in [3.05, 3.63) is 72.0 Å². The molecule has 3 aromatic rings. The summed E-state index contributed by atoms with van der Waals surface area (Å²) >= 11 is 0. The van der Waals surface area contributed by atoms with Crippen LogP contribution >= 0.6 is 0 Å². The summed E-state index contributed by atoms with van der Waals surface area (Å²) in [7, 11) is 0. The first-order valence-corrected chi connectivity index (χ1v) is 10.3. The normalized spacial score (nSPS) is 13.7. The third kappa shape index (κ3) is 4.20. The molecule has 0 bridgehead atoms. The number of ether oxygens (including phenoxy) is 3. The van der Waals surface area contributed by atoms with Crippen LogP contribution in [0.25, 0.3) is 0 Å². The van der Waals surface area contributed by atoms with E-state index in [1.807, 2.05) is 0 Å². The molecule has 172 valence electrons. The van der Waals surface area contributed by atoms with E-state index in [4.69, 9.17) is 14.2 Å². The van der Waals surface area contributed by atoms with Gasteiger partial charge in [0, 0.05) is 11.3 Å². The number of nitrogens with one attached hydrogen (secondary N) is 2. The third-order valence-electron chi connectivity index (χ3n) is 5.24. The van der Waals surface area contributed by atoms with Gasteiger partial charge in [-0.25, -0.2) is 4.39 Å². The number of benzene rings is 3. The van der Waals surface area contributed by atoms with Gasteiger partial charge in [-0.15, -0.1) is 0 Å². The first kappa shape index (κ1) is 21.3. The Bertz CT molecular complexity index is 1310. The summed E-state index contributed by atoms with van der Waals surface area (Å²) in [5.74, 6) is -0.652. The van der Waals surface area contributed by atoms with Crippen molar-refractivity contribution in [2.75, 3.05) is 35.5 Å². The average Bonchev–Trinajstić information content (AvgIpc) is 3.31. The van der Waals surface area contributed by atoms with Crippen LogP contribution in [-0.2, 0) is 9.59 Å². The molecule has 2 heterocycles. The zero-order valence-corrected chi connectivity index (χ0v) is 17.7. The highest BCUT2D eigenvalue weighted by Crippen LogP contribution is 2.33. The highest BCUT2D eigenvalue weighted by atomic mass is 19.1.